The van der Waals surface area contributed by atoms with Gasteiger partial charge in [0.05, 0.1) is 12.9 Å². The number of aromatic nitrogens is 3. The molecule has 3 rings (SSSR count). The molecule has 0 spiro atoms. The van der Waals surface area contributed by atoms with Gasteiger partial charge in [-0.3, -0.25) is 4.79 Å². The lowest BCUT2D eigenvalue weighted by Gasteiger charge is -2.08. The first-order valence-corrected chi connectivity index (χ1v) is 11.0. The van der Waals surface area contributed by atoms with Crippen LogP contribution >= 0.6 is 34.7 Å². The van der Waals surface area contributed by atoms with Crippen molar-refractivity contribution in [1.29, 1.82) is 0 Å². The minimum Gasteiger partial charge on any atom is -0.465 e. The van der Waals surface area contributed by atoms with Gasteiger partial charge in [-0.2, -0.15) is 0 Å². The van der Waals surface area contributed by atoms with Crippen LogP contribution in [-0.2, 0) is 23.0 Å². The Morgan fingerprint density at radius 1 is 1.28 bits per heavy atom. The molecule has 2 aromatic heterocycles. The number of aryl methyl sites for hydroxylation is 1. The maximum atomic E-state index is 12.5. The number of nitrogens with one attached hydrogen (secondary N) is 1. The van der Waals surface area contributed by atoms with E-state index in [2.05, 4.69) is 15.5 Å². The standard InChI is InChI=1S/C19H19ClN4O3S2/c1-4-14-22-23-19(24(14)2)29-10-15(25)21-17-16(18(26)27-3)13(9-28-17)11-5-7-12(20)8-6-11/h5-9H,4,10H2,1-3H3,(H,21,25). The van der Waals surface area contributed by atoms with Crippen LogP contribution in [0, 0.1) is 0 Å². The van der Waals surface area contributed by atoms with Gasteiger partial charge in [-0.25, -0.2) is 4.79 Å². The molecule has 0 radical (unpaired) electrons. The van der Waals surface area contributed by atoms with Gasteiger partial charge in [0.1, 0.15) is 16.4 Å². The lowest BCUT2D eigenvalue weighted by atomic mass is 10.0. The molecule has 0 atom stereocenters. The highest BCUT2D eigenvalue weighted by atomic mass is 35.5. The van der Waals surface area contributed by atoms with E-state index in [4.69, 9.17) is 16.3 Å². The van der Waals surface area contributed by atoms with Crippen molar-refractivity contribution >= 4 is 51.6 Å². The molecule has 2 heterocycles. The predicted octanol–water partition coefficient (Wildman–Crippen LogP) is 4.28. The minimum atomic E-state index is -0.514. The Morgan fingerprint density at radius 3 is 2.62 bits per heavy atom. The van der Waals surface area contributed by atoms with Crippen LogP contribution in [0.5, 0.6) is 0 Å². The van der Waals surface area contributed by atoms with E-state index in [1.165, 1.54) is 30.2 Å². The Morgan fingerprint density at radius 2 is 2.00 bits per heavy atom. The summed E-state index contributed by atoms with van der Waals surface area (Å²) in [5, 5.41) is 14.5. The molecule has 0 saturated heterocycles. The Kier molecular flexibility index (Phi) is 6.94. The fourth-order valence-corrected chi connectivity index (χ4v) is 4.50. The zero-order valence-electron chi connectivity index (χ0n) is 16.1. The topological polar surface area (TPSA) is 86.1 Å². The fourth-order valence-electron chi connectivity index (χ4n) is 2.67. The lowest BCUT2D eigenvalue weighted by Crippen LogP contribution is -2.16. The number of esters is 1. The van der Waals surface area contributed by atoms with Gasteiger partial charge in [0.2, 0.25) is 5.91 Å². The molecule has 0 fully saturated rings. The number of rotatable bonds is 7. The zero-order valence-corrected chi connectivity index (χ0v) is 18.5. The molecule has 1 N–H and O–H groups in total. The summed E-state index contributed by atoms with van der Waals surface area (Å²) in [5.41, 5.74) is 1.82. The normalized spacial score (nSPS) is 10.8. The maximum absolute atomic E-state index is 12.5. The van der Waals surface area contributed by atoms with Gasteiger partial charge in [-0.05, 0) is 17.7 Å². The van der Waals surface area contributed by atoms with Crippen LogP contribution in [0.2, 0.25) is 5.02 Å². The highest BCUT2D eigenvalue weighted by Crippen LogP contribution is 2.36. The number of ether oxygens (including phenoxy) is 1. The third-order valence-corrected chi connectivity index (χ3v) is 6.33. The van der Waals surface area contributed by atoms with Crippen LogP contribution in [0.1, 0.15) is 23.1 Å². The monoisotopic (exact) mass is 450 g/mol. The summed E-state index contributed by atoms with van der Waals surface area (Å²) >= 11 is 8.51. The summed E-state index contributed by atoms with van der Waals surface area (Å²) in [6.45, 7) is 1.99. The highest BCUT2D eigenvalue weighted by Gasteiger charge is 2.22. The van der Waals surface area contributed by atoms with Crippen molar-refractivity contribution < 1.29 is 14.3 Å². The predicted molar refractivity (Wildman–Crippen MR) is 116 cm³/mol. The quantitative estimate of drug-likeness (QED) is 0.427. The molecule has 0 saturated carbocycles. The SMILES string of the molecule is CCc1nnc(SCC(=O)Nc2scc(-c3ccc(Cl)cc3)c2C(=O)OC)n1C. The lowest BCUT2D eigenvalue weighted by molar-refractivity contribution is -0.113. The van der Waals surface area contributed by atoms with Crippen molar-refractivity contribution in [2.45, 2.75) is 18.5 Å². The van der Waals surface area contributed by atoms with Crippen LogP contribution in [-0.4, -0.2) is 39.5 Å². The van der Waals surface area contributed by atoms with Gasteiger partial charge in [0.15, 0.2) is 5.16 Å². The van der Waals surface area contributed by atoms with E-state index in [-0.39, 0.29) is 11.7 Å². The first kappa shape index (κ1) is 21.4. The van der Waals surface area contributed by atoms with Gasteiger partial charge >= 0.3 is 5.97 Å². The van der Waals surface area contributed by atoms with E-state index in [9.17, 15) is 9.59 Å². The van der Waals surface area contributed by atoms with Gasteiger partial charge in [0, 0.05) is 29.4 Å². The van der Waals surface area contributed by atoms with E-state index in [0.717, 1.165) is 17.8 Å². The van der Waals surface area contributed by atoms with Crippen molar-refractivity contribution in [2.75, 3.05) is 18.2 Å². The third-order valence-electron chi connectivity index (χ3n) is 4.16. The number of hydrogen-bond acceptors (Lipinski definition) is 7. The van der Waals surface area contributed by atoms with Crippen LogP contribution in [0.15, 0.2) is 34.8 Å². The number of thiophene rings is 1. The average molecular weight is 451 g/mol. The molecule has 0 aliphatic carbocycles. The van der Waals surface area contributed by atoms with Gasteiger partial charge in [-0.15, -0.1) is 21.5 Å². The molecule has 29 heavy (non-hydrogen) atoms. The van der Waals surface area contributed by atoms with Gasteiger partial charge < -0.3 is 14.6 Å². The number of halogens is 1. The van der Waals surface area contributed by atoms with E-state index in [0.29, 0.717) is 26.3 Å². The molecule has 1 aromatic carbocycles. The smallest absolute Gasteiger partial charge is 0.341 e. The molecule has 0 bridgehead atoms. The number of thioether (sulfide) groups is 1. The Labute approximate surface area is 181 Å². The second-order valence-corrected chi connectivity index (χ2v) is 8.26. The summed E-state index contributed by atoms with van der Waals surface area (Å²) in [6.07, 6.45) is 0.765. The first-order chi connectivity index (χ1) is 13.9. The number of carbonyl (C=O) groups excluding carboxylic acids is 2. The summed E-state index contributed by atoms with van der Waals surface area (Å²) in [4.78, 5) is 24.9. The largest absolute Gasteiger partial charge is 0.465 e. The van der Waals surface area contributed by atoms with Gasteiger partial charge in [-0.1, -0.05) is 42.4 Å². The molecular weight excluding hydrogens is 432 g/mol. The summed E-state index contributed by atoms with van der Waals surface area (Å²) in [5.74, 6) is 0.238. The zero-order chi connectivity index (χ0) is 21.0. The third kappa shape index (κ3) is 4.80. The molecule has 0 aliphatic heterocycles. The maximum Gasteiger partial charge on any atom is 0.341 e. The average Bonchev–Trinajstić information content (AvgIpc) is 3.29. The number of nitrogens with zero attached hydrogens (tertiary/aromatic N) is 3. The van der Waals surface area contributed by atoms with Crippen molar-refractivity contribution in [1.82, 2.24) is 14.8 Å². The van der Waals surface area contributed by atoms with Crippen molar-refractivity contribution in [3.05, 3.63) is 46.1 Å². The van der Waals surface area contributed by atoms with E-state index < -0.39 is 5.97 Å². The summed E-state index contributed by atoms with van der Waals surface area (Å²) in [7, 11) is 3.18. The number of benzene rings is 1. The van der Waals surface area contributed by atoms with Crippen molar-refractivity contribution in [3.63, 3.8) is 0 Å². The second-order valence-electron chi connectivity index (χ2n) is 6.00. The number of anilines is 1. The van der Waals surface area contributed by atoms with Crippen LogP contribution in [0.3, 0.4) is 0 Å². The number of hydrogen-bond donors (Lipinski definition) is 1. The van der Waals surface area contributed by atoms with Crippen molar-refractivity contribution in [3.8, 4) is 11.1 Å². The van der Waals surface area contributed by atoms with E-state index >= 15 is 0 Å². The molecular formula is C19H19ClN4O3S2. The number of carbonyl (C=O) groups is 2. The minimum absolute atomic E-state index is 0.143. The fraction of sp³-hybridized carbons (Fsp3) is 0.263. The first-order valence-electron chi connectivity index (χ1n) is 8.71. The van der Waals surface area contributed by atoms with Crippen LogP contribution in [0.4, 0.5) is 5.00 Å². The molecule has 3 aromatic rings. The molecule has 0 aliphatic rings. The van der Waals surface area contributed by atoms with Crippen LogP contribution in [0.25, 0.3) is 11.1 Å². The van der Waals surface area contributed by atoms with E-state index in [1.807, 2.05) is 36.1 Å². The molecule has 0 unspecified atom stereocenters. The molecule has 1 amide bonds. The Hall–Kier alpha value is -2.36. The van der Waals surface area contributed by atoms with E-state index in [1.54, 1.807) is 12.1 Å². The van der Waals surface area contributed by atoms with Crippen molar-refractivity contribution in [2.24, 2.45) is 7.05 Å². The molecule has 152 valence electrons. The molecule has 7 nitrogen and oxygen atoms in total. The van der Waals surface area contributed by atoms with Gasteiger partial charge in [0.25, 0.3) is 0 Å². The molecule has 10 heteroatoms. The highest BCUT2D eigenvalue weighted by molar-refractivity contribution is 7.99. The second kappa shape index (κ2) is 9.43. The summed E-state index contributed by atoms with van der Waals surface area (Å²) < 4.78 is 6.79. The number of methoxy groups -OCH3 is 1. The Balaban J connectivity index is 1.77. The number of amides is 1. The Bertz CT molecular complexity index is 1030. The summed E-state index contributed by atoms with van der Waals surface area (Å²) in [6, 6.07) is 7.13. The van der Waals surface area contributed by atoms with Crippen LogP contribution < -0.4 is 5.32 Å².